The van der Waals surface area contributed by atoms with Gasteiger partial charge in [-0.15, -0.1) is 6.58 Å². The van der Waals surface area contributed by atoms with E-state index in [9.17, 15) is 9.59 Å². The summed E-state index contributed by atoms with van der Waals surface area (Å²) in [6, 6.07) is -1.32. The number of carbonyl (C=O) groups excluding carboxylic acids is 1. The zero-order valence-electron chi connectivity index (χ0n) is 7.54. The van der Waals surface area contributed by atoms with Gasteiger partial charge in [-0.25, -0.2) is 9.59 Å². The maximum Gasteiger partial charge on any atom is 0.326 e. The molecule has 0 aliphatic rings. The van der Waals surface area contributed by atoms with Gasteiger partial charge >= 0.3 is 12.0 Å². The third-order valence-corrected chi connectivity index (χ3v) is 1.42. The third kappa shape index (κ3) is 4.84. The van der Waals surface area contributed by atoms with Crippen LogP contribution in [0.2, 0.25) is 0 Å². The molecule has 1 atom stereocenters. The van der Waals surface area contributed by atoms with Crippen molar-refractivity contribution >= 4 is 12.0 Å². The Bertz CT molecular complexity index is 204. The highest BCUT2D eigenvalue weighted by Crippen LogP contribution is 1.89. The zero-order valence-corrected chi connectivity index (χ0v) is 7.54. The van der Waals surface area contributed by atoms with Crippen molar-refractivity contribution in [2.75, 3.05) is 6.54 Å². The van der Waals surface area contributed by atoms with Gasteiger partial charge in [0.1, 0.15) is 6.04 Å². The lowest BCUT2D eigenvalue weighted by molar-refractivity contribution is -0.139. The number of aliphatic carboxylic acids is 1. The van der Waals surface area contributed by atoms with E-state index in [1.54, 1.807) is 6.92 Å². The molecule has 0 aromatic rings. The standard InChI is InChI=1S/C8H14N2O3/c1-3-5-9-8(13)10-6(4-2)7(11)12/h3,6H,1,4-5H2,2H3,(H,11,12)(H2,9,10,13)/t6-/m1/s1. The Morgan fingerprint density at radius 2 is 2.23 bits per heavy atom. The Hall–Kier alpha value is -1.52. The first kappa shape index (κ1) is 11.5. The van der Waals surface area contributed by atoms with Crippen LogP contribution in [0.4, 0.5) is 4.79 Å². The molecule has 0 unspecified atom stereocenters. The Kier molecular flexibility index (Phi) is 5.34. The van der Waals surface area contributed by atoms with Crippen LogP contribution in [0.5, 0.6) is 0 Å². The van der Waals surface area contributed by atoms with Gasteiger partial charge in [-0.05, 0) is 6.42 Å². The fourth-order valence-electron chi connectivity index (χ4n) is 0.713. The number of rotatable bonds is 5. The first-order chi connectivity index (χ1) is 6.11. The summed E-state index contributed by atoms with van der Waals surface area (Å²) in [5.74, 6) is -1.03. The van der Waals surface area contributed by atoms with E-state index in [-0.39, 0.29) is 0 Å². The van der Waals surface area contributed by atoms with E-state index in [1.807, 2.05) is 0 Å². The van der Waals surface area contributed by atoms with E-state index in [0.29, 0.717) is 13.0 Å². The normalized spacial score (nSPS) is 11.5. The number of nitrogens with one attached hydrogen (secondary N) is 2. The minimum Gasteiger partial charge on any atom is -0.480 e. The molecule has 0 saturated heterocycles. The molecule has 0 fully saturated rings. The van der Waals surface area contributed by atoms with Crippen LogP contribution in [-0.2, 0) is 4.79 Å². The molecule has 5 nitrogen and oxygen atoms in total. The van der Waals surface area contributed by atoms with E-state index in [1.165, 1.54) is 6.08 Å². The van der Waals surface area contributed by atoms with Crippen LogP contribution in [0.25, 0.3) is 0 Å². The molecule has 2 amide bonds. The predicted octanol–water partition coefficient (Wildman–Crippen LogP) is 0.335. The molecule has 74 valence electrons. The number of amides is 2. The molecule has 0 heterocycles. The second-order valence-electron chi connectivity index (χ2n) is 2.44. The number of carboxylic acids is 1. The van der Waals surface area contributed by atoms with Gasteiger partial charge < -0.3 is 15.7 Å². The van der Waals surface area contributed by atoms with Crippen molar-refractivity contribution in [3.05, 3.63) is 12.7 Å². The van der Waals surface area contributed by atoms with Crippen molar-refractivity contribution in [2.45, 2.75) is 19.4 Å². The summed E-state index contributed by atoms with van der Waals surface area (Å²) < 4.78 is 0. The Labute approximate surface area is 76.8 Å². The fraction of sp³-hybridized carbons (Fsp3) is 0.500. The highest BCUT2D eigenvalue weighted by molar-refractivity contribution is 5.82. The molecule has 5 heteroatoms. The lowest BCUT2D eigenvalue weighted by atomic mass is 10.2. The lowest BCUT2D eigenvalue weighted by Crippen LogP contribution is -2.45. The van der Waals surface area contributed by atoms with Gasteiger partial charge in [0.2, 0.25) is 0 Å². The smallest absolute Gasteiger partial charge is 0.326 e. The first-order valence-corrected chi connectivity index (χ1v) is 3.99. The minimum absolute atomic E-state index is 0.321. The van der Waals surface area contributed by atoms with Crippen molar-refractivity contribution < 1.29 is 14.7 Å². The van der Waals surface area contributed by atoms with Crippen LogP contribution in [0, 0.1) is 0 Å². The number of hydrogen-bond acceptors (Lipinski definition) is 2. The summed E-state index contributed by atoms with van der Waals surface area (Å²) in [5, 5.41) is 13.3. The van der Waals surface area contributed by atoms with Crippen LogP contribution in [0.15, 0.2) is 12.7 Å². The average Bonchev–Trinajstić information content (AvgIpc) is 2.10. The van der Waals surface area contributed by atoms with Gasteiger partial charge in [-0.2, -0.15) is 0 Å². The molecule has 0 radical (unpaired) electrons. The van der Waals surface area contributed by atoms with Crippen LogP contribution in [0.3, 0.4) is 0 Å². The second-order valence-corrected chi connectivity index (χ2v) is 2.44. The van der Waals surface area contributed by atoms with E-state index in [4.69, 9.17) is 5.11 Å². The van der Waals surface area contributed by atoms with Crippen molar-refractivity contribution in [3.8, 4) is 0 Å². The summed E-state index contributed by atoms with van der Waals surface area (Å²) in [5.41, 5.74) is 0. The predicted molar refractivity (Wildman–Crippen MR) is 48.4 cm³/mol. The minimum atomic E-state index is -1.03. The Morgan fingerprint density at radius 3 is 2.62 bits per heavy atom. The molecule has 13 heavy (non-hydrogen) atoms. The highest BCUT2D eigenvalue weighted by Gasteiger charge is 2.16. The number of hydrogen-bond donors (Lipinski definition) is 3. The molecule has 3 N–H and O–H groups in total. The maximum atomic E-state index is 10.9. The molecule has 0 rings (SSSR count). The number of urea groups is 1. The van der Waals surface area contributed by atoms with Gasteiger partial charge in [0.25, 0.3) is 0 Å². The van der Waals surface area contributed by atoms with Crippen molar-refractivity contribution in [2.24, 2.45) is 0 Å². The summed E-state index contributed by atoms with van der Waals surface area (Å²) in [6.45, 7) is 5.42. The van der Waals surface area contributed by atoms with Gasteiger partial charge in [0, 0.05) is 6.54 Å². The van der Waals surface area contributed by atoms with Gasteiger partial charge in [0.05, 0.1) is 0 Å². The highest BCUT2D eigenvalue weighted by atomic mass is 16.4. The van der Waals surface area contributed by atoms with Crippen LogP contribution >= 0.6 is 0 Å². The van der Waals surface area contributed by atoms with Crippen LogP contribution in [-0.4, -0.2) is 29.7 Å². The molecule has 0 bridgehead atoms. The molecular weight excluding hydrogens is 172 g/mol. The van der Waals surface area contributed by atoms with Crippen molar-refractivity contribution in [3.63, 3.8) is 0 Å². The maximum absolute atomic E-state index is 10.9. The molecule has 0 aliphatic heterocycles. The van der Waals surface area contributed by atoms with Crippen LogP contribution in [0.1, 0.15) is 13.3 Å². The molecule has 0 spiro atoms. The zero-order chi connectivity index (χ0) is 10.3. The fourth-order valence-corrected chi connectivity index (χ4v) is 0.713. The Balaban J connectivity index is 3.86. The molecule has 0 saturated carbocycles. The lowest BCUT2D eigenvalue weighted by Gasteiger charge is -2.11. The van der Waals surface area contributed by atoms with Crippen LogP contribution < -0.4 is 10.6 Å². The number of carbonyl (C=O) groups is 2. The van der Waals surface area contributed by atoms with Crippen molar-refractivity contribution in [1.29, 1.82) is 0 Å². The molecule has 0 aromatic carbocycles. The van der Waals surface area contributed by atoms with E-state index in [0.717, 1.165) is 0 Å². The quantitative estimate of drug-likeness (QED) is 0.541. The summed E-state index contributed by atoms with van der Waals surface area (Å²) in [6.07, 6.45) is 1.87. The molecule has 0 aliphatic carbocycles. The van der Waals surface area contributed by atoms with E-state index in [2.05, 4.69) is 17.2 Å². The van der Waals surface area contributed by atoms with E-state index < -0.39 is 18.0 Å². The van der Waals surface area contributed by atoms with E-state index >= 15 is 0 Å². The SMILES string of the molecule is C=CCNC(=O)N[C@H](CC)C(=O)O. The summed E-state index contributed by atoms with van der Waals surface area (Å²) in [4.78, 5) is 21.4. The van der Waals surface area contributed by atoms with Gasteiger partial charge in [0.15, 0.2) is 0 Å². The molecule has 0 aromatic heterocycles. The second kappa shape index (κ2) is 6.05. The van der Waals surface area contributed by atoms with Gasteiger partial charge in [-0.3, -0.25) is 0 Å². The first-order valence-electron chi connectivity index (χ1n) is 3.99. The summed E-state index contributed by atoms with van der Waals surface area (Å²) >= 11 is 0. The number of carboxylic acid groups (broad SMARTS) is 1. The topological polar surface area (TPSA) is 78.4 Å². The van der Waals surface area contributed by atoms with Crippen molar-refractivity contribution in [1.82, 2.24) is 10.6 Å². The average molecular weight is 186 g/mol. The Morgan fingerprint density at radius 1 is 1.62 bits per heavy atom. The van der Waals surface area contributed by atoms with Gasteiger partial charge in [-0.1, -0.05) is 13.0 Å². The molecular formula is C8H14N2O3. The third-order valence-electron chi connectivity index (χ3n) is 1.42. The summed E-state index contributed by atoms with van der Waals surface area (Å²) in [7, 11) is 0. The largest absolute Gasteiger partial charge is 0.480 e. The monoisotopic (exact) mass is 186 g/mol.